The molecule has 0 aliphatic rings. The molecule has 0 spiro atoms. The molecular weight excluding hydrogens is 889 g/mol. The third-order valence-electron chi connectivity index (χ3n) is 13.1. The van der Waals surface area contributed by atoms with Gasteiger partial charge < -0.3 is 14.2 Å². The Morgan fingerprint density at radius 3 is 0.861 bits per heavy atom. The Bertz CT molecular complexity index is 1380. The molecule has 0 N–H and O–H groups in total. The Morgan fingerprint density at radius 1 is 0.292 bits per heavy atom. The molecule has 6 heteroatoms. The van der Waals surface area contributed by atoms with E-state index in [1.54, 1.807) is 0 Å². The molecule has 0 amide bonds. The lowest BCUT2D eigenvalue weighted by molar-refractivity contribution is -0.167. The van der Waals surface area contributed by atoms with Crippen molar-refractivity contribution in [1.82, 2.24) is 0 Å². The smallest absolute Gasteiger partial charge is 0.306 e. The summed E-state index contributed by atoms with van der Waals surface area (Å²) in [7, 11) is 0. The van der Waals surface area contributed by atoms with Crippen LogP contribution in [0.1, 0.15) is 297 Å². The van der Waals surface area contributed by atoms with E-state index < -0.39 is 6.10 Å². The molecule has 0 aromatic rings. The molecule has 0 aromatic carbocycles. The summed E-state index contributed by atoms with van der Waals surface area (Å²) in [5.41, 5.74) is 0. The summed E-state index contributed by atoms with van der Waals surface area (Å²) in [5.74, 6) is -0.912. The van der Waals surface area contributed by atoms with Crippen LogP contribution in [0.5, 0.6) is 0 Å². The fourth-order valence-corrected chi connectivity index (χ4v) is 8.63. The van der Waals surface area contributed by atoms with E-state index in [1.165, 1.54) is 148 Å². The van der Waals surface area contributed by atoms with E-state index >= 15 is 0 Å². The maximum atomic E-state index is 12.9. The van der Waals surface area contributed by atoms with Crippen molar-refractivity contribution in [1.29, 1.82) is 0 Å². The first kappa shape index (κ1) is 68.6. The molecule has 6 nitrogen and oxygen atoms in total. The largest absolute Gasteiger partial charge is 0.462 e. The lowest BCUT2D eigenvalue weighted by Gasteiger charge is -2.18. The van der Waals surface area contributed by atoms with Crippen molar-refractivity contribution in [3.05, 3.63) is 85.1 Å². The summed E-state index contributed by atoms with van der Waals surface area (Å²) in [4.78, 5) is 38.3. The van der Waals surface area contributed by atoms with Crippen LogP contribution in [-0.2, 0) is 28.6 Å². The van der Waals surface area contributed by atoms with Crippen LogP contribution in [0.15, 0.2) is 85.1 Å². The Labute approximate surface area is 445 Å². The van der Waals surface area contributed by atoms with Gasteiger partial charge >= 0.3 is 17.9 Å². The second kappa shape index (κ2) is 60.1. The number of allylic oxidation sites excluding steroid dienone is 14. The maximum absolute atomic E-state index is 12.9. The number of ether oxygens (including phenoxy) is 3. The van der Waals surface area contributed by atoms with Gasteiger partial charge in [-0.2, -0.15) is 0 Å². The van der Waals surface area contributed by atoms with Gasteiger partial charge in [0.05, 0.1) is 0 Å². The van der Waals surface area contributed by atoms with Crippen molar-refractivity contribution in [2.45, 2.75) is 303 Å². The number of esters is 3. The van der Waals surface area contributed by atoms with Gasteiger partial charge in [-0.25, -0.2) is 0 Å². The van der Waals surface area contributed by atoms with Crippen molar-refractivity contribution in [3.63, 3.8) is 0 Å². The molecular formula is C66H114O6. The predicted octanol–water partition coefficient (Wildman–Crippen LogP) is 20.7. The minimum atomic E-state index is -0.792. The Kier molecular flexibility index (Phi) is 57.3. The molecule has 0 bridgehead atoms. The molecule has 414 valence electrons. The van der Waals surface area contributed by atoms with Crippen LogP contribution < -0.4 is 0 Å². The zero-order valence-corrected chi connectivity index (χ0v) is 47.4. The molecule has 1 atom stereocenters. The van der Waals surface area contributed by atoms with Crippen LogP contribution in [0.2, 0.25) is 0 Å². The van der Waals surface area contributed by atoms with Crippen LogP contribution >= 0.6 is 0 Å². The van der Waals surface area contributed by atoms with E-state index in [0.717, 1.165) is 109 Å². The lowest BCUT2D eigenvalue weighted by Crippen LogP contribution is -2.30. The van der Waals surface area contributed by atoms with Gasteiger partial charge in [0.2, 0.25) is 0 Å². The molecule has 0 aromatic heterocycles. The number of hydrogen-bond acceptors (Lipinski definition) is 6. The summed E-state index contributed by atoms with van der Waals surface area (Å²) >= 11 is 0. The van der Waals surface area contributed by atoms with E-state index in [1.807, 2.05) is 0 Å². The first-order valence-electron chi connectivity index (χ1n) is 30.6. The molecule has 0 radical (unpaired) electrons. The topological polar surface area (TPSA) is 78.9 Å². The van der Waals surface area contributed by atoms with Gasteiger partial charge in [-0.05, 0) is 89.9 Å². The molecule has 1 unspecified atom stereocenters. The van der Waals surface area contributed by atoms with Crippen molar-refractivity contribution in [3.8, 4) is 0 Å². The monoisotopic (exact) mass is 1000 g/mol. The van der Waals surface area contributed by atoms with Crippen LogP contribution in [0.25, 0.3) is 0 Å². The standard InChI is InChI=1S/C66H114O6/c1-4-7-10-13-16-19-22-25-28-31-33-35-38-41-44-47-50-53-56-59-65(68)71-62-63(61-70-64(67)58-55-52-49-46-43-40-37-30-27-24-21-18-15-12-9-6-3)72-66(69)60-57-54-51-48-45-42-39-36-34-32-29-26-23-20-17-14-11-8-5-2/h7,9-10,12,16,18-19,21,25,27-28,30,40,43,63H,4-6,8,11,13-15,17,20,22-24,26,29,31-39,41-42,44-62H2,1-3H3/b10-7-,12-9-,19-16-,21-18-,28-25-,30-27-,43-40-. The number of carbonyl (C=O) groups is 3. The van der Waals surface area contributed by atoms with Gasteiger partial charge in [-0.1, -0.05) is 273 Å². The van der Waals surface area contributed by atoms with Crippen LogP contribution in [0.4, 0.5) is 0 Å². The first-order chi connectivity index (χ1) is 35.5. The van der Waals surface area contributed by atoms with Crippen molar-refractivity contribution in [2.75, 3.05) is 13.2 Å². The second-order valence-corrected chi connectivity index (χ2v) is 20.2. The molecule has 0 aliphatic heterocycles. The van der Waals surface area contributed by atoms with Crippen LogP contribution in [-0.4, -0.2) is 37.2 Å². The summed E-state index contributed by atoms with van der Waals surface area (Å²) in [6.07, 6.45) is 78.7. The molecule has 0 aliphatic carbocycles. The highest BCUT2D eigenvalue weighted by Crippen LogP contribution is 2.17. The fraction of sp³-hybridized carbons (Fsp3) is 0.742. The second-order valence-electron chi connectivity index (χ2n) is 20.2. The van der Waals surface area contributed by atoms with Crippen molar-refractivity contribution >= 4 is 17.9 Å². The molecule has 0 rings (SSSR count). The molecule has 0 heterocycles. The number of hydrogen-bond donors (Lipinski definition) is 0. The highest BCUT2D eigenvalue weighted by Gasteiger charge is 2.19. The minimum absolute atomic E-state index is 0.0876. The lowest BCUT2D eigenvalue weighted by atomic mass is 10.0. The average Bonchev–Trinajstić information content (AvgIpc) is 3.38. The third kappa shape index (κ3) is 57.5. The molecule has 72 heavy (non-hydrogen) atoms. The summed E-state index contributed by atoms with van der Waals surface area (Å²) < 4.78 is 16.9. The zero-order chi connectivity index (χ0) is 52.2. The van der Waals surface area contributed by atoms with Gasteiger partial charge in [0.25, 0.3) is 0 Å². The highest BCUT2D eigenvalue weighted by molar-refractivity contribution is 5.71. The first-order valence-corrected chi connectivity index (χ1v) is 30.6. The van der Waals surface area contributed by atoms with Gasteiger partial charge in [0.1, 0.15) is 13.2 Å². The van der Waals surface area contributed by atoms with Gasteiger partial charge in [-0.15, -0.1) is 0 Å². The number of rotatable bonds is 55. The summed E-state index contributed by atoms with van der Waals surface area (Å²) in [5, 5.41) is 0. The van der Waals surface area contributed by atoms with Crippen molar-refractivity contribution < 1.29 is 28.6 Å². The molecule has 0 fully saturated rings. The van der Waals surface area contributed by atoms with Gasteiger partial charge in [0.15, 0.2) is 6.10 Å². The fourth-order valence-electron chi connectivity index (χ4n) is 8.63. The maximum Gasteiger partial charge on any atom is 0.306 e. The zero-order valence-electron chi connectivity index (χ0n) is 47.4. The normalized spacial score (nSPS) is 12.7. The summed E-state index contributed by atoms with van der Waals surface area (Å²) in [6.45, 7) is 6.42. The Hall–Kier alpha value is -3.41. The quantitative estimate of drug-likeness (QED) is 0.0261. The SMILES string of the molecule is CC/C=C\C/C=C\C/C=C\C/C=C\CCCCCC(=O)OCC(COC(=O)CCCCCCCCCCC/C=C\C/C=C\C/C=C\CC)OC(=O)CCCCCCCCCCCCCCCCCCCCC. The third-order valence-corrected chi connectivity index (χ3v) is 13.1. The van der Waals surface area contributed by atoms with E-state index in [2.05, 4.69) is 106 Å². The predicted molar refractivity (Wildman–Crippen MR) is 311 cm³/mol. The van der Waals surface area contributed by atoms with Gasteiger partial charge in [-0.3, -0.25) is 14.4 Å². The van der Waals surface area contributed by atoms with E-state index in [9.17, 15) is 14.4 Å². The highest BCUT2D eigenvalue weighted by atomic mass is 16.6. The number of carbonyl (C=O) groups excluding carboxylic acids is 3. The van der Waals surface area contributed by atoms with Gasteiger partial charge in [0, 0.05) is 19.3 Å². The Morgan fingerprint density at radius 2 is 0.542 bits per heavy atom. The minimum Gasteiger partial charge on any atom is -0.462 e. The molecule has 0 saturated heterocycles. The molecule has 0 saturated carbocycles. The van der Waals surface area contributed by atoms with E-state index in [-0.39, 0.29) is 31.1 Å². The van der Waals surface area contributed by atoms with E-state index in [0.29, 0.717) is 19.3 Å². The van der Waals surface area contributed by atoms with Crippen molar-refractivity contribution in [2.24, 2.45) is 0 Å². The van der Waals surface area contributed by atoms with E-state index in [4.69, 9.17) is 14.2 Å². The van der Waals surface area contributed by atoms with Crippen LogP contribution in [0, 0.1) is 0 Å². The number of unbranched alkanes of at least 4 members (excludes halogenated alkanes) is 30. The van der Waals surface area contributed by atoms with Crippen LogP contribution in [0.3, 0.4) is 0 Å². The average molecular weight is 1000 g/mol. The Balaban J connectivity index is 4.40. The summed E-state index contributed by atoms with van der Waals surface area (Å²) in [6, 6.07) is 0.